The summed E-state index contributed by atoms with van der Waals surface area (Å²) < 4.78 is 5.37. The number of hydrogen-bond donors (Lipinski definition) is 2. The van der Waals surface area contributed by atoms with Crippen LogP contribution in [-0.2, 0) is 6.42 Å². The molecule has 1 aliphatic heterocycles. The Bertz CT molecular complexity index is 718. The molecule has 0 saturated carbocycles. The van der Waals surface area contributed by atoms with Crippen LogP contribution in [0.4, 0.5) is 0 Å². The van der Waals surface area contributed by atoms with Gasteiger partial charge in [-0.05, 0) is 18.1 Å². The van der Waals surface area contributed by atoms with Crippen LogP contribution < -0.4 is 4.65 Å². The third-order valence-corrected chi connectivity index (χ3v) is 4.42. The molecule has 112 valence electrons. The summed E-state index contributed by atoms with van der Waals surface area (Å²) in [6.07, 6.45) is 2.02. The van der Waals surface area contributed by atoms with E-state index in [1.807, 2.05) is 0 Å². The Morgan fingerprint density at radius 2 is 2.27 bits per heavy atom. The Morgan fingerprint density at radius 1 is 1.45 bits per heavy atom. The first-order valence-corrected chi connectivity index (χ1v) is 7.56. The normalized spacial score (nSPS) is 16.8. The highest BCUT2D eigenvalue weighted by atomic mass is 32.1. The summed E-state index contributed by atoms with van der Waals surface area (Å²) in [5.41, 5.74) is 2.28. The van der Waals surface area contributed by atoms with E-state index in [9.17, 15) is 14.6 Å². The van der Waals surface area contributed by atoms with Gasteiger partial charge in [-0.3, -0.25) is 9.78 Å². The number of ketones is 1. The predicted octanol–water partition coefficient (Wildman–Crippen LogP) is 1.90. The predicted molar refractivity (Wildman–Crippen MR) is 80.5 cm³/mol. The largest absolute Gasteiger partial charge is 0.535 e. The van der Waals surface area contributed by atoms with Crippen molar-refractivity contribution in [3.63, 3.8) is 0 Å². The van der Waals surface area contributed by atoms with Crippen LogP contribution in [0.5, 0.6) is 5.75 Å². The van der Waals surface area contributed by atoms with Gasteiger partial charge in [-0.1, -0.05) is 12.1 Å². The smallest absolute Gasteiger partial charge is 0.526 e. The molecule has 8 heteroatoms. The Kier molecular flexibility index (Phi) is 3.95. The number of aromatic nitrogens is 1. The molecule has 3 rings (SSSR count). The summed E-state index contributed by atoms with van der Waals surface area (Å²) in [6, 6.07) is 4.81. The van der Waals surface area contributed by atoms with Crippen LogP contribution in [0.1, 0.15) is 32.0 Å². The summed E-state index contributed by atoms with van der Waals surface area (Å²) in [5, 5.41) is 19.2. The Morgan fingerprint density at radius 3 is 2.95 bits per heavy atom. The van der Waals surface area contributed by atoms with Gasteiger partial charge < -0.3 is 14.8 Å². The number of carbonyl (C=O) groups is 2. The van der Waals surface area contributed by atoms with Gasteiger partial charge in [0.15, 0.2) is 5.78 Å². The number of para-hydroxylation sites is 1. The molecule has 1 aliphatic rings. The van der Waals surface area contributed by atoms with Gasteiger partial charge in [0.1, 0.15) is 5.75 Å². The first-order valence-electron chi connectivity index (χ1n) is 6.68. The van der Waals surface area contributed by atoms with E-state index in [1.165, 1.54) is 23.6 Å². The first kappa shape index (κ1) is 14.7. The van der Waals surface area contributed by atoms with E-state index in [-0.39, 0.29) is 23.5 Å². The van der Waals surface area contributed by atoms with Crippen molar-refractivity contribution >= 4 is 30.2 Å². The van der Waals surface area contributed by atoms with E-state index in [0.29, 0.717) is 16.9 Å². The first-order chi connectivity index (χ1) is 10.6. The van der Waals surface area contributed by atoms with Crippen LogP contribution in [0, 0.1) is 0 Å². The van der Waals surface area contributed by atoms with Crippen LogP contribution in [0.3, 0.4) is 0 Å². The molecule has 1 aromatic heterocycles. The molecular formula is C14H12BNO5S. The van der Waals surface area contributed by atoms with Gasteiger partial charge in [-0.2, -0.15) is 0 Å². The quantitative estimate of drug-likeness (QED) is 0.660. The van der Waals surface area contributed by atoms with Crippen molar-refractivity contribution in [3.05, 3.63) is 45.9 Å². The van der Waals surface area contributed by atoms with Crippen LogP contribution in [0.15, 0.2) is 29.9 Å². The van der Waals surface area contributed by atoms with E-state index in [0.717, 1.165) is 0 Å². The number of hydrogen-bond acceptors (Lipinski definition) is 6. The standard InChI is InChI=1S/C14H12BNO5S/c17-11(12-6-16-7-22-12)5-9-4-8-2-1-3-10(14(18)19)13(8)21-15(9)20/h1-3,6-7,9,20H,4-5H2,(H,18,19)/t9-/m1/s1. The highest BCUT2D eigenvalue weighted by molar-refractivity contribution is 7.11. The van der Waals surface area contributed by atoms with Crippen LogP contribution in [0.2, 0.25) is 5.82 Å². The maximum absolute atomic E-state index is 12.1. The molecule has 0 aliphatic carbocycles. The second-order valence-electron chi connectivity index (χ2n) is 5.06. The van der Waals surface area contributed by atoms with Gasteiger partial charge in [0.05, 0.1) is 16.0 Å². The Hall–Kier alpha value is -2.19. The zero-order valence-electron chi connectivity index (χ0n) is 11.4. The maximum atomic E-state index is 12.1. The number of fused-ring (bicyclic) bond motifs is 1. The van der Waals surface area contributed by atoms with E-state index in [4.69, 9.17) is 9.76 Å². The minimum atomic E-state index is -1.20. The molecule has 0 spiro atoms. The third kappa shape index (κ3) is 2.75. The molecule has 0 unspecified atom stereocenters. The molecule has 0 fully saturated rings. The number of Topliss-reactive ketones (excluding diaryl/α,β-unsaturated/α-hetero) is 1. The molecule has 6 nitrogen and oxygen atoms in total. The number of carbonyl (C=O) groups excluding carboxylic acids is 1. The lowest BCUT2D eigenvalue weighted by Gasteiger charge is -2.27. The molecule has 0 amide bonds. The molecule has 2 aromatic rings. The number of carboxylic acids is 1. The number of thiazole rings is 1. The minimum absolute atomic E-state index is 0.0174. The van der Waals surface area contributed by atoms with Gasteiger partial charge in [0.2, 0.25) is 0 Å². The van der Waals surface area contributed by atoms with E-state index >= 15 is 0 Å². The highest BCUT2D eigenvalue weighted by Gasteiger charge is 2.38. The van der Waals surface area contributed by atoms with E-state index < -0.39 is 18.9 Å². The molecule has 0 bridgehead atoms. The Balaban J connectivity index is 1.81. The molecule has 2 N–H and O–H groups in total. The van der Waals surface area contributed by atoms with Crippen molar-refractivity contribution < 1.29 is 24.4 Å². The SMILES string of the molecule is O=C(C[C@H]1Cc2cccc(C(=O)O)c2OB1O)c1cncs1. The summed E-state index contributed by atoms with van der Waals surface area (Å²) >= 11 is 1.25. The zero-order chi connectivity index (χ0) is 15.7. The fourth-order valence-electron chi connectivity index (χ4n) is 2.52. The second-order valence-corrected chi connectivity index (χ2v) is 5.95. The van der Waals surface area contributed by atoms with Crippen molar-refractivity contribution in [2.24, 2.45) is 0 Å². The van der Waals surface area contributed by atoms with Crippen molar-refractivity contribution in [2.45, 2.75) is 18.7 Å². The highest BCUT2D eigenvalue weighted by Crippen LogP contribution is 2.36. The van der Waals surface area contributed by atoms with Gasteiger partial charge in [-0.15, -0.1) is 11.3 Å². The monoisotopic (exact) mass is 317 g/mol. The zero-order valence-corrected chi connectivity index (χ0v) is 12.2. The molecule has 1 aromatic carbocycles. The fraction of sp³-hybridized carbons (Fsp3) is 0.214. The second kappa shape index (κ2) is 5.90. The summed E-state index contributed by atoms with van der Waals surface area (Å²) in [6.45, 7) is 0. The van der Waals surface area contributed by atoms with E-state index in [1.54, 1.807) is 17.6 Å². The molecule has 0 saturated heterocycles. The topological polar surface area (TPSA) is 96.7 Å². The summed E-state index contributed by atoms with van der Waals surface area (Å²) in [4.78, 5) is 27.7. The lowest BCUT2D eigenvalue weighted by atomic mass is 9.64. The van der Waals surface area contributed by atoms with Crippen LogP contribution in [0.25, 0.3) is 0 Å². The Labute approximate surface area is 130 Å². The molecule has 0 radical (unpaired) electrons. The van der Waals surface area contributed by atoms with Crippen LogP contribution in [-0.4, -0.2) is 34.0 Å². The van der Waals surface area contributed by atoms with Gasteiger partial charge in [0.25, 0.3) is 0 Å². The van der Waals surface area contributed by atoms with Crippen molar-refractivity contribution in [2.75, 3.05) is 0 Å². The lowest BCUT2D eigenvalue weighted by Crippen LogP contribution is -2.35. The van der Waals surface area contributed by atoms with Crippen molar-refractivity contribution in [1.82, 2.24) is 4.98 Å². The number of carboxylic acid groups (broad SMARTS) is 1. The number of rotatable bonds is 4. The average molecular weight is 317 g/mol. The van der Waals surface area contributed by atoms with Crippen molar-refractivity contribution in [1.29, 1.82) is 0 Å². The lowest BCUT2D eigenvalue weighted by molar-refractivity contribution is 0.0693. The third-order valence-electron chi connectivity index (χ3n) is 3.61. The number of aromatic carboxylic acids is 1. The number of benzene rings is 1. The van der Waals surface area contributed by atoms with Gasteiger partial charge >= 0.3 is 13.1 Å². The summed E-state index contributed by atoms with van der Waals surface area (Å²) in [7, 11) is -1.20. The molecule has 1 atom stereocenters. The average Bonchev–Trinajstić information content (AvgIpc) is 3.01. The van der Waals surface area contributed by atoms with E-state index in [2.05, 4.69) is 4.98 Å². The van der Waals surface area contributed by atoms with Gasteiger partial charge in [-0.25, -0.2) is 4.79 Å². The molecule has 2 heterocycles. The van der Waals surface area contributed by atoms with Gasteiger partial charge in [0, 0.05) is 18.4 Å². The number of nitrogens with zero attached hydrogens (tertiary/aromatic N) is 1. The maximum Gasteiger partial charge on any atom is 0.526 e. The molecule has 22 heavy (non-hydrogen) atoms. The summed E-state index contributed by atoms with van der Waals surface area (Å²) in [5.74, 6) is -1.44. The fourth-order valence-corrected chi connectivity index (χ4v) is 3.09. The molecular weight excluding hydrogens is 305 g/mol. The minimum Gasteiger partial charge on any atom is -0.535 e. The van der Waals surface area contributed by atoms with Crippen LogP contribution >= 0.6 is 11.3 Å². The van der Waals surface area contributed by atoms with Crippen molar-refractivity contribution in [3.8, 4) is 5.75 Å².